The Morgan fingerprint density at radius 1 is 1.00 bits per heavy atom. The van der Waals surface area contributed by atoms with Crippen LogP contribution in [0.3, 0.4) is 0 Å². The van der Waals surface area contributed by atoms with E-state index in [1.54, 1.807) is 0 Å². The summed E-state index contributed by atoms with van der Waals surface area (Å²) in [6, 6.07) is 9.71. The summed E-state index contributed by atoms with van der Waals surface area (Å²) in [4.78, 5) is 12.3. The second-order valence-corrected chi connectivity index (χ2v) is 6.19. The number of ketones is 1. The molecular weight excluding hydrogens is 328 g/mol. The van der Waals surface area contributed by atoms with Crippen molar-refractivity contribution in [2.24, 2.45) is 0 Å². The normalized spacial score (nSPS) is 10.5. The zero-order chi connectivity index (χ0) is 15.6. The van der Waals surface area contributed by atoms with Crippen molar-refractivity contribution in [3.8, 4) is 5.75 Å². The Labute approximate surface area is 134 Å². The molecule has 0 aliphatic heterocycles. The fourth-order valence-corrected chi connectivity index (χ4v) is 2.57. The molecule has 0 bridgehead atoms. The minimum Gasteiger partial charge on any atom is -0.485 e. The summed E-state index contributed by atoms with van der Waals surface area (Å²) >= 11 is 3.52. The van der Waals surface area contributed by atoms with Crippen LogP contribution >= 0.6 is 15.9 Å². The molecule has 0 saturated heterocycles. The molecule has 0 aromatic heterocycles. The van der Waals surface area contributed by atoms with E-state index in [1.807, 2.05) is 58.0 Å². The fraction of sp³-hybridized carbons (Fsp3) is 0.278. The summed E-state index contributed by atoms with van der Waals surface area (Å²) < 4.78 is 6.73. The van der Waals surface area contributed by atoms with E-state index in [4.69, 9.17) is 4.74 Å². The molecule has 0 unspecified atom stereocenters. The predicted octanol–water partition coefficient (Wildman–Crippen LogP) is 4.94. The number of aryl methyl sites for hydroxylation is 4. The highest BCUT2D eigenvalue weighted by molar-refractivity contribution is 9.10. The number of carbonyl (C=O) groups is 1. The van der Waals surface area contributed by atoms with Gasteiger partial charge in [0.2, 0.25) is 0 Å². The highest BCUT2D eigenvalue weighted by Crippen LogP contribution is 2.26. The van der Waals surface area contributed by atoms with E-state index in [0.29, 0.717) is 0 Å². The first-order valence-electron chi connectivity index (χ1n) is 6.88. The second kappa shape index (κ2) is 6.44. The van der Waals surface area contributed by atoms with Gasteiger partial charge in [0.1, 0.15) is 5.75 Å². The molecule has 110 valence electrons. The first kappa shape index (κ1) is 15.8. The SMILES string of the molecule is Cc1ccc(C(=O)COc2cc(C)c(Br)c(C)c2)c(C)c1. The van der Waals surface area contributed by atoms with E-state index in [-0.39, 0.29) is 12.4 Å². The lowest BCUT2D eigenvalue weighted by atomic mass is 10.0. The summed E-state index contributed by atoms with van der Waals surface area (Å²) in [5.74, 6) is 0.733. The minimum atomic E-state index is 0.00530. The van der Waals surface area contributed by atoms with E-state index >= 15 is 0 Å². The third-order valence-electron chi connectivity index (χ3n) is 3.46. The molecule has 3 heteroatoms. The van der Waals surface area contributed by atoms with Crippen molar-refractivity contribution in [2.75, 3.05) is 6.61 Å². The molecule has 2 aromatic rings. The van der Waals surface area contributed by atoms with Crippen LogP contribution < -0.4 is 4.74 Å². The largest absolute Gasteiger partial charge is 0.485 e. The zero-order valence-corrected chi connectivity index (χ0v) is 14.4. The number of carbonyl (C=O) groups excluding carboxylic acids is 1. The quantitative estimate of drug-likeness (QED) is 0.732. The standard InChI is InChI=1S/C18H19BrO2/c1-11-5-6-16(12(2)7-11)17(20)10-21-15-8-13(3)18(19)14(4)9-15/h5-9H,10H2,1-4H3. The van der Waals surface area contributed by atoms with Crippen molar-refractivity contribution in [2.45, 2.75) is 27.7 Å². The van der Waals surface area contributed by atoms with Crippen molar-refractivity contribution < 1.29 is 9.53 Å². The smallest absolute Gasteiger partial charge is 0.200 e. The van der Waals surface area contributed by atoms with Crippen molar-refractivity contribution in [1.29, 1.82) is 0 Å². The molecule has 0 spiro atoms. The van der Waals surface area contributed by atoms with E-state index < -0.39 is 0 Å². The Balaban J connectivity index is 2.11. The first-order chi connectivity index (χ1) is 9.88. The van der Waals surface area contributed by atoms with Crippen molar-refractivity contribution in [3.05, 3.63) is 62.6 Å². The fourth-order valence-electron chi connectivity index (χ4n) is 2.34. The summed E-state index contributed by atoms with van der Waals surface area (Å²) in [5, 5.41) is 0. The van der Waals surface area contributed by atoms with Gasteiger partial charge in [-0.05, 0) is 56.5 Å². The van der Waals surface area contributed by atoms with Crippen LogP contribution in [0.1, 0.15) is 32.6 Å². The molecule has 2 aromatic carbocycles. The lowest BCUT2D eigenvalue weighted by Crippen LogP contribution is -2.13. The average Bonchev–Trinajstić information content (AvgIpc) is 2.42. The third-order valence-corrected chi connectivity index (χ3v) is 4.71. The number of hydrogen-bond donors (Lipinski definition) is 0. The maximum atomic E-state index is 12.3. The van der Waals surface area contributed by atoms with Gasteiger partial charge in [-0.15, -0.1) is 0 Å². The lowest BCUT2D eigenvalue weighted by Gasteiger charge is -2.11. The molecule has 0 aliphatic rings. The van der Waals surface area contributed by atoms with Gasteiger partial charge in [0.05, 0.1) is 0 Å². The molecule has 0 N–H and O–H groups in total. The van der Waals surface area contributed by atoms with Crippen LogP contribution in [0.2, 0.25) is 0 Å². The van der Waals surface area contributed by atoms with Crippen LogP contribution in [0.5, 0.6) is 5.75 Å². The maximum absolute atomic E-state index is 12.3. The summed E-state index contributed by atoms with van der Waals surface area (Å²) in [5.41, 5.74) is 5.08. The van der Waals surface area contributed by atoms with Gasteiger partial charge in [-0.3, -0.25) is 4.79 Å². The van der Waals surface area contributed by atoms with Gasteiger partial charge in [-0.2, -0.15) is 0 Å². The number of hydrogen-bond acceptors (Lipinski definition) is 2. The Kier molecular flexibility index (Phi) is 4.84. The summed E-state index contributed by atoms with van der Waals surface area (Å²) in [6.45, 7) is 8.05. The van der Waals surface area contributed by atoms with Gasteiger partial charge < -0.3 is 4.74 Å². The van der Waals surface area contributed by atoms with Crippen LogP contribution in [0.25, 0.3) is 0 Å². The van der Waals surface area contributed by atoms with Crippen LogP contribution in [-0.2, 0) is 0 Å². The molecule has 0 heterocycles. The molecule has 2 rings (SSSR count). The molecule has 2 nitrogen and oxygen atoms in total. The second-order valence-electron chi connectivity index (χ2n) is 5.40. The molecule has 0 radical (unpaired) electrons. The molecule has 0 aliphatic carbocycles. The lowest BCUT2D eigenvalue weighted by molar-refractivity contribution is 0.0921. The van der Waals surface area contributed by atoms with Crippen molar-refractivity contribution in [1.82, 2.24) is 0 Å². The van der Waals surface area contributed by atoms with E-state index in [9.17, 15) is 4.79 Å². The number of ether oxygens (including phenoxy) is 1. The number of benzene rings is 2. The Morgan fingerprint density at radius 3 is 2.19 bits per heavy atom. The molecule has 0 fully saturated rings. The monoisotopic (exact) mass is 346 g/mol. The van der Waals surface area contributed by atoms with Gasteiger partial charge in [-0.1, -0.05) is 39.7 Å². The van der Waals surface area contributed by atoms with Crippen LogP contribution in [0, 0.1) is 27.7 Å². The van der Waals surface area contributed by atoms with E-state index in [2.05, 4.69) is 15.9 Å². The first-order valence-corrected chi connectivity index (χ1v) is 7.68. The summed E-state index contributed by atoms with van der Waals surface area (Å²) in [6.07, 6.45) is 0. The van der Waals surface area contributed by atoms with Gasteiger partial charge in [0.15, 0.2) is 12.4 Å². The van der Waals surface area contributed by atoms with Gasteiger partial charge in [-0.25, -0.2) is 0 Å². The highest BCUT2D eigenvalue weighted by Gasteiger charge is 2.11. The van der Waals surface area contributed by atoms with Gasteiger partial charge in [0, 0.05) is 10.0 Å². The molecule has 0 amide bonds. The maximum Gasteiger partial charge on any atom is 0.200 e. The Hall–Kier alpha value is -1.61. The number of halogens is 1. The van der Waals surface area contributed by atoms with Crippen LogP contribution in [0.4, 0.5) is 0 Å². The van der Waals surface area contributed by atoms with Gasteiger partial charge in [0.25, 0.3) is 0 Å². The minimum absolute atomic E-state index is 0.00530. The zero-order valence-electron chi connectivity index (χ0n) is 12.8. The molecule has 21 heavy (non-hydrogen) atoms. The molecular formula is C18H19BrO2. The van der Waals surface area contributed by atoms with E-state index in [1.165, 1.54) is 0 Å². The highest BCUT2D eigenvalue weighted by atomic mass is 79.9. The number of rotatable bonds is 4. The summed E-state index contributed by atoms with van der Waals surface area (Å²) in [7, 11) is 0. The Morgan fingerprint density at radius 2 is 1.62 bits per heavy atom. The van der Waals surface area contributed by atoms with Crippen LogP contribution in [0.15, 0.2) is 34.8 Å². The third kappa shape index (κ3) is 3.73. The van der Waals surface area contributed by atoms with Crippen LogP contribution in [-0.4, -0.2) is 12.4 Å². The topological polar surface area (TPSA) is 26.3 Å². The van der Waals surface area contributed by atoms with E-state index in [0.717, 1.165) is 38.0 Å². The van der Waals surface area contributed by atoms with Crippen molar-refractivity contribution >= 4 is 21.7 Å². The predicted molar refractivity (Wildman–Crippen MR) is 89.4 cm³/mol. The number of Topliss-reactive ketones (excluding diaryl/α,β-unsaturated/α-hetero) is 1. The molecule has 0 atom stereocenters. The molecule has 0 saturated carbocycles. The van der Waals surface area contributed by atoms with Gasteiger partial charge >= 0.3 is 0 Å². The van der Waals surface area contributed by atoms with Crippen molar-refractivity contribution in [3.63, 3.8) is 0 Å². The average molecular weight is 347 g/mol. The Bertz CT molecular complexity index is 667.